The monoisotopic (exact) mass is 412 g/mol. The summed E-state index contributed by atoms with van der Waals surface area (Å²) in [6.45, 7) is 4.18. The third-order valence-corrected chi connectivity index (χ3v) is 5.61. The van der Waals surface area contributed by atoms with Crippen molar-refractivity contribution in [3.63, 3.8) is 0 Å². The summed E-state index contributed by atoms with van der Waals surface area (Å²) >= 11 is 0. The standard InChI is InChI=1S/C24H21FN6/c1-24(2,18-7-4-3-5-8-18)31-15-17(14-27-31)20-10-6-9-19(22(20)25)16-11-12-30-21(13-16)28-23(26)29-30/h3-15H,1-2H3,(H2,26,29). The smallest absolute Gasteiger partial charge is 0.240 e. The Kier molecular flexibility index (Phi) is 4.32. The molecule has 5 aromatic rings. The minimum atomic E-state index is -0.369. The summed E-state index contributed by atoms with van der Waals surface area (Å²) in [4.78, 5) is 4.16. The molecule has 31 heavy (non-hydrogen) atoms. The summed E-state index contributed by atoms with van der Waals surface area (Å²) in [6, 6.07) is 19.1. The maximum Gasteiger partial charge on any atom is 0.240 e. The number of benzene rings is 2. The normalized spacial score (nSPS) is 11.8. The van der Waals surface area contributed by atoms with Gasteiger partial charge in [-0.25, -0.2) is 8.91 Å². The molecule has 0 radical (unpaired) electrons. The fourth-order valence-corrected chi connectivity index (χ4v) is 3.79. The van der Waals surface area contributed by atoms with Crippen molar-refractivity contribution in [3.8, 4) is 22.3 Å². The van der Waals surface area contributed by atoms with Crippen LogP contribution in [0.3, 0.4) is 0 Å². The molecule has 0 aliphatic heterocycles. The number of rotatable bonds is 4. The largest absolute Gasteiger partial charge is 0.366 e. The van der Waals surface area contributed by atoms with Gasteiger partial charge >= 0.3 is 0 Å². The first kappa shape index (κ1) is 19.0. The number of pyridine rings is 1. The molecule has 0 fully saturated rings. The maximum atomic E-state index is 15.6. The van der Waals surface area contributed by atoms with Crippen LogP contribution < -0.4 is 5.73 Å². The molecule has 2 aromatic carbocycles. The quantitative estimate of drug-likeness (QED) is 0.462. The van der Waals surface area contributed by atoms with Crippen molar-refractivity contribution in [2.24, 2.45) is 0 Å². The highest BCUT2D eigenvalue weighted by Gasteiger charge is 2.24. The zero-order chi connectivity index (χ0) is 21.6. The third kappa shape index (κ3) is 3.24. The summed E-state index contributed by atoms with van der Waals surface area (Å²) in [7, 11) is 0. The summed E-state index contributed by atoms with van der Waals surface area (Å²) < 4.78 is 19.0. The zero-order valence-electron chi connectivity index (χ0n) is 17.2. The Bertz CT molecular complexity index is 1380. The van der Waals surface area contributed by atoms with Crippen LogP contribution in [0.25, 0.3) is 27.9 Å². The molecule has 7 heteroatoms. The van der Waals surface area contributed by atoms with Crippen LogP contribution in [0.2, 0.25) is 0 Å². The van der Waals surface area contributed by atoms with Crippen LogP contribution in [0.15, 0.2) is 79.3 Å². The fraction of sp³-hybridized carbons (Fsp3) is 0.125. The van der Waals surface area contributed by atoms with E-state index in [1.807, 2.05) is 35.1 Å². The second-order valence-corrected chi connectivity index (χ2v) is 7.95. The molecule has 0 unspecified atom stereocenters. The lowest BCUT2D eigenvalue weighted by Crippen LogP contribution is -2.28. The molecule has 0 saturated heterocycles. The molecule has 5 rings (SSSR count). The number of nitrogens with zero attached hydrogens (tertiary/aromatic N) is 5. The van der Waals surface area contributed by atoms with Gasteiger partial charge in [-0.1, -0.05) is 48.5 Å². The van der Waals surface area contributed by atoms with E-state index in [0.29, 0.717) is 22.3 Å². The lowest BCUT2D eigenvalue weighted by Gasteiger charge is -2.26. The summed E-state index contributed by atoms with van der Waals surface area (Å²) in [5.41, 5.74) is 9.39. The van der Waals surface area contributed by atoms with Gasteiger partial charge in [0.05, 0.1) is 11.7 Å². The van der Waals surface area contributed by atoms with Crippen LogP contribution in [0, 0.1) is 5.82 Å². The van der Waals surface area contributed by atoms with Gasteiger partial charge in [0.2, 0.25) is 5.95 Å². The predicted octanol–water partition coefficient (Wildman–Crippen LogP) is 4.76. The van der Waals surface area contributed by atoms with Gasteiger partial charge in [-0.05, 0) is 37.1 Å². The molecular formula is C24H21FN6. The molecule has 0 amide bonds. The number of halogens is 1. The number of fused-ring (bicyclic) bond motifs is 1. The fourth-order valence-electron chi connectivity index (χ4n) is 3.79. The number of nitrogens with two attached hydrogens (primary N) is 1. The third-order valence-electron chi connectivity index (χ3n) is 5.61. The van der Waals surface area contributed by atoms with Gasteiger partial charge in [-0.2, -0.15) is 10.1 Å². The second-order valence-electron chi connectivity index (χ2n) is 7.95. The van der Waals surface area contributed by atoms with Crippen LogP contribution >= 0.6 is 0 Å². The molecule has 3 heterocycles. The highest BCUT2D eigenvalue weighted by Crippen LogP contribution is 2.33. The molecule has 0 atom stereocenters. The van der Waals surface area contributed by atoms with Gasteiger partial charge in [-0.15, -0.1) is 5.10 Å². The zero-order valence-corrected chi connectivity index (χ0v) is 17.2. The number of hydrogen-bond donors (Lipinski definition) is 1. The summed E-state index contributed by atoms with van der Waals surface area (Å²) in [6.07, 6.45) is 5.31. The Morgan fingerprint density at radius 2 is 1.68 bits per heavy atom. The van der Waals surface area contributed by atoms with Crippen LogP contribution in [-0.2, 0) is 5.54 Å². The number of anilines is 1. The molecule has 0 spiro atoms. The Morgan fingerprint density at radius 3 is 2.45 bits per heavy atom. The summed E-state index contributed by atoms with van der Waals surface area (Å²) in [5, 5.41) is 8.61. The van der Waals surface area contributed by atoms with Crippen molar-refractivity contribution >= 4 is 11.6 Å². The van der Waals surface area contributed by atoms with Crippen LogP contribution in [0.4, 0.5) is 10.3 Å². The SMILES string of the molecule is CC(C)(c1ccccc1)n1cc(-c2cccc(-c3ccn4nc(N)nc4c3)c2F)cn1. The first-order valence-electron chi connectivity index (χ1n) is 9.95. The van der Waals surface area contributed by atoms with E-state index in [1.54, 1.807) is 41.2 Å². The molecule has 6 nitrogen and oxygen atoms in total. The molecular weight excluding hydrogens is 391 g/mol. The van der Waals surface area contributed by atoms with E-state index >= 15 is 4.39 Å². The van der Waals surface area contributed by atoms with Crippen LogP contribution in [-0.4, -0.2) is 24.4 Å². The minimum absolute atomic E-state index is 0.180. The number of nitrogen functional groups attached to an aromatic ring is 1. The maximum absolute atomic E-state index is 15.6. The molecule has 0 saturated carbocycles. The minimum Gasteiger partial charge on any atom is -0.366 e. The van der Waals surface area contributed by atoms with E-state index in [4.69, 9.17) is 5.73 Å². The van der Waals surface area contributed by atoms with Crippen LogP contribution in [0.1, 0.15) is 19.4 Å². The highest BCUT2D eigenvalue weighted by molar-refractivity contribution is 5.75. The van der Waals surface area contributed by atoms with Crippen molar-refractivity contribution in [1.29, 1.82) is 0 Å². The highest BCUT2D eigenvalue weighted by atomic mass is 19.1. The van der Waals surface area contributed by atoms with Crippen molar-refractivity contribution < 1.29 is 4.39 Å². The second kappa shape index (κ2) is 7.05. The summed E-state index contributed by atoms with van der Waals surface area (Å²) in [5.74, 6) is -0.128. The topological polar surface area (TPSA) is 74.0 Å². The molecule has 3 aromatic heterocycles. The van der Waals surface area contributed by atoms with E-state index in [-0.39, 0.29) is 17.3 Å². The van der Waals surface area contributed by atoms with Crippen molar-refractivity contribution in [2.75, 3.05) is 5.73 Å². The van der Waals surface area contributed by atoms with Gasteiger partial charge in [0, 0.05) is 29.1 Å². The van der Waals surface area contributed by atoms with Crippen LogP contribution in [0.5, 0.6) is 0 Å². The molecule has 154 valence electrons. The molecule has 0 aliphatic carbocycles. The molecule has 2 N–H and O–H groups in total. The average molecular weight is 412 g/mol. The molecule has 0 aliphatic rings. The van der Waals surface area contributed by atoms with Gasteiger partial charge in [0.1, 0.15) is 5.82 Å². The first-order chi connectivity index (χ1) is 14.9. The Morgan fingerprint density at radius 1 is 0.935 bits per heavy atom. The Balaban J connectivity index is 1.55. The van der Waals surface area contributed by atoms with Gasteiger partial charge in [-0.3, -0.25) is 4.68 Å². The van der Waals surface area contributed by atoms with Gasteiger partial charge in [0.15, 0.2) is 5.65 Å². The number of hydrogen-bond acceptors (Lipinski definition) is 4. The number of aromatic nitrogens is 5. The van der Waals surface area contributed by atoms with Crippen molar-refractivity contribution in [2.45, 2.75) is 19.4 Å². The van der Waals surface area contributed by atoms with Gasteiger partial charge in [0.25, 0.3) is 0 Å². The van der Waals surface area contributed by atoms with Crippen molar-refractivity contribution in [1.82, 2.24) is 24.4 Å². The van der Waals surface area contributed by atoms with Crippen molar-refractivity contribution in [3.05, 3.63) is 90.6 Å². The van der Waals surface area contributed by atoms with E-state index in [1.165, 1.54) is 0 Å². The van der Waals surface area contributed by atoms with E-state index in [2.05, 4.69) is 41.2 Å². The predicted molar refractivity (Wildman–Crippen MR) is 119 cm³/mol. The molecule has 0 bridgehead atoms. The van der Waals surface area contributed by atoms with E-state index < -0.39 is 0 Å². The first-order valence-corrected chi connectivity index (χ1v) is 9.95. The lowest BCUT2D eigenvalue weighted by molar-refractivity contribution is 0.391. The van der Waals surface area contributed by atoms with Gasteiger partial charge < -0.3 is 5.73 Å². The van der Waals surface area contributed by atoms with E-state index in [0.717, 1.165) is 11.1 Å². The Labute approximate surface area is 178 Å². The average Bonchev–Trinajstić information content (AvgIpc) is 3.40. The van der Waals surface area contributed by atoms with E-state index in [9.17, 15) is 0 Å². The Hall–Kier alpha value is -4.00. The lowest BCUT2D eigenvalue weighted by atomic mass is 9.94.